The second-order valence-corrected chi connectivity index (χ2v) is 6.37. The molecule has 2 aromatic heterocycles. The molecule has 0 atom stereocenters. The van der Waals surface area contributed by atoms with E-state index in [0.29, 0.717) is 16.3 Å². The monoisotopic (exact) mass is 384 g/mol. The number of pyridine rings is 1. The first-order valence-corrected chi connectivity index (χ1v) is 8.46. The lowest BCUT2D eigenvalue weighted by molar-refractivity contribution is 0.628. The highest BCUT2D eigenvalue weighted by atomic mass is 35.5. The molecular weight excluding hydrogens is 374 g/mol. The van der Waals surface area contributed by atoms with Gasteiger partial charge in [-0.05, 0) is 48.5 Å². The Bertz CT molecular complexity index is 1080. The van der Waals surface area contributed by atoms with Crippen LogP contribution in [0.2, 0.25) is 10.0 Å². The summed E-state index contributed by atoms with van der Waals surface area (Å²) in [6, 6.07) is 15.3. The van der Waals surface area contributed by atoms with Crippen molar-refractivity contribution < 1.29 is 4.39 Å². The van der Waals surface area contributed by atoms with E-state index in [9.17, 15) is 4.39 Å². The molecule has 4 aromatic rings. The third-order valence-electron chi connectivity index (χ3n) is 3.86. The van der Waals surface area contributed by atoms with Gasteiger partial charge in [-0.1, -0.05) is 34.5 Å². The quantitative estimate of drug-likeness (QED) is 0.472. The Balaban J connectivity index is 1.74. The van der Waals surface area contributed by atoms with Crippen LogP contribution in [0.4, 0.5) is 4.39 Å². The van der Waals surface area contributed by atoms with E-state index in [1.54, 1.807) is 29.2 Å². The molecule has 0 radical (unpaired) electrons. The van der Waals surface area contributed by atoms with Crippen LogP contribution < -0.4 is 0 Å². The van der Waals surface area contributed by atoms with Crippen LogP contribution in [-0.4, -0.2) is 20.0 Å². The van der Waals surface area contributed by atoms with E-state index >= 15 is 0 Å². The Hall–Kier alpha value is -2.76. The van der Waals surface area contributed by atoms with E-state index < -0.39 is 5.82 Å². The molecule has 7 heteroatoms. The third-order valence-corrected chi connectivity index (χ3v) is 4.50. The van der Waals surface area contributed by atoms with Gasteiger partial charge in [0.15, 0.2) is 0 Å². The zero-order chi connectivity index (χ0) is 18.1. The molecule has 0 aliphatic rings. The molecule has 0 bridgehead atoms. The lowest BCUT2D eigenvalue weighted by Crippen LogP contribution is -1.96. The fourth-order valence-electron chi connectivity index (χ4n) is 2.58. The second-order valence-electron chi connectivity index (χ2n) is 5.55. The molecule has 0 amide bonds. The number of hydrogen-bond acceptors (Lipinski definition) is 3. The second kappa shape index (κ2) is 6.86. The molecule has 0 spiro atoms. The fourth-order valence-corrected chi connectivity index (χ4v) is 3.06. The lowest BCUT2D eigenvalue weighted by atomic mass is 10.1. The molecule has 2 aromatic carbocycles. The van der Waals surface area contributed by atoms with Crippen molar-refractivity contribution in [2.45, 2.75) is 0 Å². The molecule has 0 unspecified atom stereocenters. The summed E-state index contributed by atoms with van der Waals surface area (Å²) < 4.78 is 14.8. The summed E-state index contributed by atoms with van der Waals surface area (Å²) in [6.07, 6.45) is 3.44. The van der Waals surface area contributed by atoms with E-state index in [-0.39, 0.29) is 5.02 Å². The first-order chi connectivity index (χ1) is 12.6. The Kier molecular flexibility index (Phi) is 4.41. The van der Waals surface area contributed by atoms with Crippen molar-refractivity contribution in [1.82, 2.24) is 20.0 Å². The molecule has 4 nitrogen and oxygen atoms in total. The largest absolute Gasteiger partial charge is 0.256 e. The first kappa shape index (κ1) is 16.7. The van der Waals surface area contributed by atoms with Crippen molar-refractivity contribution in [3.05, 3.63) is 82.9 Å². The third kappa shape index (κ3) is 3.19. The molecule has 0 saturated carbocycles. The van der Waals surface area contributed by atoms with Gasteiger partial charge in [0.2, 0.25) is 0 Å². The standard InChI is InChI=1S/C19H11Cl2FN4/c20-16-7-5-13(10-15(16)18-3-1-2-8-23-18)26-11-19(24-25-26)14-6-4-12(22)9-17(14)21/h1-11H. The van der Waals surface area contributed by atoms with E-state index in [4.69, 9.17) is 23.2 Å². The molecule has 0 aliphatic carbocycles. The number of rotatable bonds is 3. The highest BCUT2D eigenvalue weighted by molar-refractivity contribution is 6.33. The molecule has 0 aliphatic heterocycles. The summed E-state index contributed by atoms with van der Waals surface area (Å²) in [7, 11) is 0. The van der Waals surface area contributed by atoms with Gasteiger partial charge < -0.3 is 0 Å². The van der Waals surface area contributed by atoms with Crippen LogP contribution in [0.15, 0.2) is 67.0 Å². The topological polar surface area (TPSA) is 43.6 Å². The minimum atomic E-state index is -0.399. The van der Waals surface area contributed by atoms with Crippen LogP contribution in [0.25, 0.3) is 28.2 Å². The summed E-state index contributed by atoms with van der Waals surface area (Å²) in [5.74, 6) is -0.399. The summed E-state index contributed by atoms with van der Waals surface area (Å²) in [4.78, 5) is 4.33. The molecule has 2 heterocycles. The molecule has 0 N–H and O–H groups in total. The zero-order valence-electron chi connectivity index (χ0n) is 13.3. The van der Waals surface area contributed by atoms with E-state index in [1.807, 2.05) is 30.3 Å². The normalized spacial score (nSPS) is 10.9. The Labute approximate surface area is 158 Å². The maximum atomic E-state index is 13.2. The van der Waals surface area contributed by atoms with Gasteiger partial charge in [-0.3, -0.25) is 4.98 Å². The van der Waals surface area contributed by atoms with E-state index in [2.05, 4.69) is 15.3 Å². The number of nitrogens with zero attached hydrogens (tertiary/aromatic N) is 4. The Morgan fingerprint density at radius 3 is 2.50 bits per heavy atom. The average Bonchev–Trinajstić information content (AvgIpc) is 3.12. The van der Waals surface area contributed by atoms with Crippen molar-refractivity contribution in [2.75, 3.05) is 0 Å². The predicted octanol–water partition coefficient (Wildman–Crippen LogP) is 5.44. The van der Waals surface area contributed by atoms with E-state index in [0.717, 1.165) is 16.9 Å². The van der Waals surface area contributed by atoms with Gasteiger partial charge in [0, 0.05) is 17.3 Å². The van der Waals surface area contributed by atoms with Gasteiger partial charge >= 0.3 is 0 Å². The number of aromatic nitrogens is 4. The number of benzene rings is 2. The zero-order valence-corrected chi connectivity index (χ0v) is 14.8. The van der Waals surface area contributed by atoms with Gasteiger partial charge in [-0.2, -0.15) is 0 Å². The summed E-state index contributed by atoms with van der Waals surface area (Å²) in [5.41, 5.74) is 3.48. The fraction of sp³-hybridized carbons (Fsp3) is 0. The van der Waals surface area contributed by atoms with Gasteiger partial charge in [-0.25, -0.2) is 9.07 Å². The summed E-state index contributed by atoms with van der Waals surface area (Å²) >= 11 is 12.4. The average molecular weight is 385 g/mol. The van der Waals surface area contributed by atoms with Gasteiger partial charge in [0.05, 0.1) is 27.6 Å². The smallest absolute Gasteiger partial charge is 0.124 e. The highest BCUT2D eigenvalue weighted by Gasteiger charge is 2.12. The van der Waals surface area contributed by atoms with Crippen LogP contribution in [-0.2, 0) is 0 Å². The number of hydrogen-bond donors (Lipinski definition) is 0. The number of halogens is 3. The molecule has 4 rings (SSSR count). The minimum absolute atomic E-state index is 0.280. The first-order valence-electron chi connectivity index (χ1n) is 7.71. The van der Waals surface area contributed by atoms with Crippen LogP contribution >= 0.6 is 23.2 Å². The van der Waals surface area contributed by atoms with E-state index in [1.165, 1.54) is 12.1 Å². The lowest BCUT2D eigenvalue weighted by Gasteiger charge is -2.07. The summed E-state index contributed by atoms with van der Waals surface area (Å²) in [6.45, 7) is 0. The van der Waals surface area contributed by atoms with Crippen molar-refractivity contribution in [1.29, 1.82) is 0 Å². The molecular formula is C19H11Cl2FN4. The Morgan fingerprint density at radius 1 is 0.846 bits per heavy atom. The molecule has 0 saturated heterocycles. The van der Waals surface area contributed by atoms with Gasteiger partial charge in [0.1, 0.15) is 11.5 Å². The SMILES string of the molecule is Fc1ccc(-c2cn(-c3ccc(Cl)c(-c4ccccn4)c3)nn2)c(Cl)c1. The van der Waals surface area contributed by atoms with Crippen molar-refractivity contribution in [3.63, 3.8) is 0 Å². The predicted molar refractivity (Wildman–Crippen MR) is 100 cm³/mol. The van der Waals surface area contributed by atoms with Crippen LogP contribution in [0, 0.1) is 5.82 Å². The van der Waals surface area contributed by atoms with Crippen LogP contribution in [0.1, 0.15) is 0 Å². The van der Waals surface area contributed by atoms with Crippen LogP contribution in [0.5, 0.6) is 0 Å². The van der Waals surface area contributed by atoms with Crippen molar-refractivity contribution in [3.8, 4) is 28.2 Å². The highest BCUT2D eigenvalue weighted by Crippen LogP contribution is 2.30. The van der Waals surface area contributed by atoms with Crippen molar-refractivity contribution >= 4 is 23.2 Å². The Morgan fingerprint density at radius 2 is 1.73 bits per heavy atom. The molecule has 128 valence electrons. The van der Waals surface area contributed by atoms with Gasteiger partial charge in [0.25, 0.3) is 0 Å². The van der Waals surface area contributed by atoms with Crippen LogP contribution in [0.3, 0.4) is 0 Å². The maximum absolute atomic E-state index is 13.2. The van der Waals surface area contributed by atoms with Crippen molar-refractivity contribution in [2.24, 2.45) is 0 Å². The minimum Gasteiger partial charge on any atom is -0.256 e. The molecule has 26 heavy (non-hydrogen) atoms. The summed E-state index contributed by atoms with van der Waals surface area (Å²) in [5, 5.41) is 9.15. The maximum Gasteiger partial charge on any atom is 0.124 e. The van der Waals surface area contributed by atoms with Gasteiger partial charge in [-0.15, -0.1) is 5.10 Å². The molecule has 0 fully saturated rings.